The van der Waals surface area contributed by atoms with Gasteiger partial charge in [0.15, 0.2) is 5.69 Å². The van der Waals surface area contributed by atoms with E-state index < -0.39 is 39.3 Å². The smallest absolute Gasteiger partial charge is 0.310 e. The van der Waals surface area contributed by atoms with E-state index in [1.165, 1.54) is 0 Å². The van der Waals surface area contributed by atoms with E-state index in [1.54, 1.807) is 0 Å². The molecule has 5 N–H and O–H groups in total. The second kappa shape index (κ2) is 3.81. The molecule has 1 heterocycles. The van der Waals surface area contributed by atoms with Gasteiger partial charge in [0, 0.05) is 0 Å². The molecule has 88 valence electrons. The van der Waals surface area contributed by atoms with Crippen molar-refractivity contribution in [3.05, 3.63) is 11.5 Å². The second-order valence-electron chi connectivity index (χ2n) is 2.80. The summed E-state index contributed by atoms with van der Waals surface area (Å²) in [4.78, 5) is 25.0. The number of sulfonamides is 1. The number of primary amides is 2. The number of anilines is 1. The highest BCUT2D eigenvalue weighted by Crippen LogP contribution is 2.15. The summed E-state index contributed by atoms with van der Waals surface area (Å²) in [6.07, 6.45) is 0.838. The first-order valence-corrected chi connectivity index (χ1v) is 5.68. The minimum absolute atomic E-state index is 0.529. The van der Waals surface area contributed by atoms with Crippen molar-refractivity contribution in [2.75, 3.05) is 11.0 Å². The molecule has 0 fully saturated rings. The molecule has 0 saturated carbocycles. The Morgan fingerprint density at radius 3 is 2.19 bits per heavy atom. The number of nitrogens with two attached hydrogens (primary N) is 2. The Morgan fingerprint density at radius 1 is 1.31 bits per heavy atom. The summed E-state index contributed by atoms with van der Waals surface area (Å²) in [5.74, 6) is -2.74. The maximum atomic E-state index is 10.8. The minimum Gasteiger partial charge on any atom is -0.417 e. The fourth-order valence-electron chi connectivity index (χ4n) is 0.856. The Labute approximate surface area is 89.9 Å². The third kappa shape index (κ3) is 2.70. The lowest BCUT2D eigenvalue weighted by atomic mass is 10.3. The predicted octanol–water partition coefficient (Wildman–Crippen LogP) is -1.76. The summed E-state index contributed by atoms with van der Waals surface area (Å²) < 4.78 is 28.1. The molecule has 2 amide bonds. The second-order valence-corrected chi connectivity index (χ2v) is 4.55. The first kappa shape index (κ1) is 12.0. The van der Waals surface area contributed by atoms with Crippen LogP contribution in [0.4, 0.5) is 6.01 Å². The van der Waals surface area contributed by atoms with Gasteiger partial charge >= 0.3 is 6.01 Å². The lowest BCUT2D eigenvalue weighted by Crippen LogP contribution is -2.19. The Morgan fingerprint density at radius 2 is 1.88 bits per heavy atom. The van der Waals surface area contributed by atoms with Crippen LogP contribution in [0.2, 0.25) is 0 Å². The Hall–Kier alpha value is -2.10. The number of nitrogens with one attached hydrogen (secondary N) is 1. The Balaban J connectivity index is 3.22. The van der Waals surface area contributed by atoms with E-state index >= 15 is 0 Å². The molecule has 1 aromatic rings. The van der Waals surface area contributed by atoms with Gasteiger partial charge in [-0.15, -0.1) is 0 Å². The molecule has 10 heteroatoms. The van der Waals surface area contributed by atoms with Crippen LogP contribution in [-0.4, -0.2) is 31.5 Å². The van der Waals surface area contributed by atoms with Gasteiger partial charge in [0.2, 0.25) is 15.8 Å². The van der Waals surface area contributed by atoms with Crippen molar-refractivity contribution >= 4 is 27.9 Å². The van der Waals surface area contributed by atoms with Crippen LogP contribution in [0.1, 0.15) is 21.0 Å². The number of oxazole rings is 1. The molecule has 0 aromatic carbocycles. The fraction of sp³-hybridized carbons (Fsp3) is 0.167. The first-order valence-electron chi connectivity index (χ1n) is 3.79. The zero-order valence-corrected chi connectivity index (χ0v) is 8.87. The van der Waals surface area contributed by atoms with Gasteiger partial charge < -0.3 is 15.9 Å². The van der Waals surface area contributed by atoms with Crippen LogP contribution in [0, 0.1) is 0 Å². The van der Waals surface area contributed by atoms with Gasteiger partial charge in [0.25, 0.3) is 11.8 Å². The molecule has 0 atom stereocenters. The number of rotatable bonds is 4. The normalized spacial score (nSPS) is 11.1. The molecule has 16 heavy (non-hydrogen) atoms. The summed E-state index contributed by atoms with van der Waals surface area (Å²) in [5.41, 5.74) is 9.23. The number of amides is 2. The topological polar surface area (TPSA) is 158 Å². The van der Waals surface area contributed by atoms with E-state index in [1.807, 2.05) is 4.72 Å². The standard InChI is InChI=1S/C6H8N4O5S/c1-16(13,14)10-6-9-2(4(7)11)3(15-6)5(8)12/h1H3,(H2,7,11)(H2,8,12)(H,9,10). The molecule has 0 bridgehead atoms. The highest BCUT2D eigenvalue weighted by molar-refractivity contribution is 7.91. The maximum absolute atomic E-state index is 10.8. The van der Waals surface area contributed by atoms with Crippen LogP contribution in [-0.2, 0) is 10.0 Å². The summed E-state index contributed by atoms with van der Waals surface area (Å²) in [5, 5.41) is 0. The summed E-state index contributed by atoms with van der Waals surface area (Å²) in [6.45, 7) is 0. The van der Waals surface area contributed by atoms with E-state index in [0.29, 0.717) is 0 Å². The van der Waals surface area contributed by atoms with Crippen LogP contribution in [0.15, 0.2) is 4.42 Å². The fourth-order valence-corrected chi connectivity index (χ4v) is 1.26. The number of carbonyl (C=O) groups excluding carboxylic acids is 2. The largest absolute Gasteiger partial charge is 0.417 e. The number of hydrogen-bond acceptors (Lipinski definition) is 6. The molecule has 0 aliphatic heterocycles. The quantitative estimate of drug-likeness (QED) is 0.572. The summed E-state index contributed by atoms with van der Waals surface area (Å²) in [7, 11) is -3.64. The van der Waals surface area contributed by atoms with Crippen molar-refractivity contribution in [1.82, 2.24) is 4.98 Å². The van der Waals surface area contributed by atoms with Gasteiger partial charge in [-0.2, -0.15) is 4.98 Å². The van der Waals surface area contributed by atoms with Crippen LogP contribution >= 0.6 is 0 Å². The van der Waals surface area contributed by atoms with Crippen molar-refractivity contribution in [3.8, 4) is 0 Å². The van der Waals surface area contributed by atoms with Gasteiger partial charge in [0.1, 0.15) is 0 Å². The lowest BCUT2D eigenvalue weighted by molar-refractivity contribution is 0.0946. The van der Waals surface area contributed by atoms with Gasteiger partial charge in [-0.1, -0.05) is 0 Å². The third-order valence-corrected chi connectivity index (χ3v) is 1.90. The molecular weight excluding hydrogens is 240 g/mol. The number of aromatic nitrogens is 1. The monoisotopic (exact) mass is 248 g/mol. The van der Waals surface area contributed by atoms with Crippen molar-refractivity contribution in [2.24, 2.45) is 11.5 Å². The van der Waals surface area contributed by atoms with E-state index in [4.69, 9.17) is 11.5 Å². The molecule has 0 spiro atoms. The van der Waals surface area contributed by atoms with Gasteiger partial charge in [-0.25, -0.2) is 13.1 Å². The van der Waals surface area contributed by atoms with Crippen LogP contribution in [0.3, 0.4) is 0 Å². The van der Waals surface area contributed by atoms with Crippen molar-refractivity contribution in [2.45, 2.75) is 0 Å². The zero-order valence-electron chi connectivity index (χ0n) is 8.05. The Bertz CT molecular complexity index is 514. The molecule has 0 radical (unpaired) electrons. The van der Waals surface area contributed by atoms with Crippen LogP contribution < -0.4 is 16.2 Å². The number of hydrogen-bond donors (Lipinski definition) is 3. The highest BCUT2D eigenvalue weighted by atomic mass is 32.2. The SMILES string of the molecule is CS(=O)(=O)Nc1nc(C(N)=O)c(C(N)=O)o1. The molecule has 0 aliphatic rings. The van der Waals surface area contributed by atoms with E-state index in [0.717, 1.165) is 6.26 Å². The van der Waals surface area contributed by atoms with Gasteiger partial charge in [-0.05, 0) is 0 Å². The molecular formula is C6H8N4O5S. The Kier molecular flexibility index (Phi) is 2.85. The third-order valence-electron chi connectivity index (χ3n) is 1.36. The molecule has 1 aromatic heterocycles. The molecule has 0 saturated heterocycles. The van der Waals surface area contributed by atoms with Gasteiger partial charge in [0.05, 0.1) is 6.26 Å². The van der Waals surface area contributed by atoms with Crippen molar-refractivity contribution in [1.29, 1.82) is 0 Å². The molecule has 0 aliphatic carbocycles. The maximum Gasteiger partial charge on any atom is 0.310 e. The van der Waals surface area contributed by atoms with Crippen LogP contribution in [0.25, 0.3) is 0 Å². The number of carbonyl (C=O) groups is 2. The first-order chi connectivity index (χ1) is 7.20. The average Bonchev–Trinajstić information content (AvgIpc) is 2.44. The molecule has 1 rings (SSSR count). The van der Waals surface area contributed by atoms with E-state index in [-0.39, 0.29) is 0 Å². The minimum atomic E-state index is -3.64. The molecule has 9 nitrogen and oxygen atoms in total. The van der Waals surface area contributed by atoms with E-state index in [9.17, 15) is 18.0 Å². The highest BCUT2D eigenvalue weighted by Gasteiger charge is 2.23. The van der Waals surface area contributed by atoms with E-state index in [2.05, 4.69) is 9.40 Å². The van der Waals surface area contributed by atoms with Crippen molar-refractivity contribution < 1.29 is 22.4 Å². The average molecular weight is 248 g/mol. The lowest BCUT2D eigenvalue weighted by Gasteiger charge is -1.94. The van der Waals surface area contributed by atoms with Crippen LogP contribution in [0.5, 0.6) is 0 Å². The molecule has 0 unspecified atom stereocenters. The number of nitrogens with zero attached hydrogens (tertiary/aromatic N) is 1. The van der Waals surface area contributed by atoms with Gasteiger partial charge in [-0.3, -0.25) is 9.59 Å². The zero-order chi connectivity index (χ0) is 12.5. The van der Waals surface area contributed by atoms with Crippen molar-refractivity contribution in [3.63, 3.8) is 0 Å². The summed E-state index contributed by atoms with van der Waals surface area (Å²) >= 11 is 0. The predicted molar refractivity (Wildman–Crippen MR) is 52.0 cm³/mol. The summed E-state index contributed by atoms with van der Waals surface area (Å²) in [6, 6.07) is -0.551.